The Morgan fingerprint density at radius 1 is 1.10 bits per heavy atom. The van der Waals surface area contributed by atoms with Gasteiger partial charge in [0, 0.05) is 28.4 Å². The van der Waals surface area contributed by atoms with Crippen LogP contribution in [0.1, 0.15) is 22.3 Å². The number of nitrogens with one attached hydrogen (secondary N) is 1. The number of aryl methyl sites for hydroxylation is 1. The molecule has 5 heteroatoms. The first-order valence-electron chi connectivity index (χ1n) is 9.68. The number of rotatable bonds is 9. The summed E-state index contributed by atoms with van der Waals surface area (Å²) >= 11 is 6.12. The molecular weight excluding hydrogens is 401 g/mol. The van der Waals surface area contributed by atoms with Crippen molar-refractivity contribution >= 4 is 17.3 Å². The molecule has 30 heavy (non-hydrogen) atoms. The van der Waals surface area contributed by atoms with E-state index in [0.717, 1.165) is 22.4 Å². The van der Waals surface area contributed by atoms with E-state index in [0.29, 0.717) is 35.1 Å². The maximum Gasteiger partial charge on any atom is 0.165 e. The summed E-state index contributed by atoms with van der Waals surface area (Å²) in [4.78, 5) is 0. The van der Waals surface area contributed by atoms with Crippen LogP contribution in [0.25, 0.3) is 0 Å². The molecule has 0 aliphatic carbocycles. The zero-order valence-electron chi connectivity index (χ0n) is 17.2. The van der Waals surface area contributed by atoms with E-state index in [1.54, 1.807) is 25.3 Å². The van der Waals surface area contributed by atoms with Crippen molar-refractivity contribution < 1.29 is 13.9 Å². The van der Waals surface area contributed by atoms with Gasteiger partial charge in [0.05, 0.1) is 7.11 Å². The number of methoxy groups -OCH3 is 1. The van der Waals surface area contributed by atoms with Crippen LogP contribution < -0.4 is 14.8 Å². The van der Waals surface area contributed by atoms with Gasteiger partial charge in [0.2, 0.25) is 0 Å². The van der Waals surface area contributed by atoms with Crippen molar-refractivity contribution in [1.29, 1.82) is 0 Å². The van der Waals surface area contributed by atoms with Crippen LogP contribution >= 0.6 is 11.6 Å². The SMILES string of the molecule is C=CCc1cc(CNc2cc(Cl)ccc2C)cc(OC)c1OCc1ccccc1F. The summed E-state index contributed by atoms with van der Waals surface area (Å²) in [5, 5.41) is 4.10. The topological polar surface area (TPSA) is 30.5 Å². The number of benzene rings is 3. The lowest BCUT2D eigenvalue weighted by atomic mass is 10.0. The third kappa shape index (κ3) is 5.33. The highest BCUT2D eigenvalue weighted by Gasteiger charge is 2.14. The second-order valence-corrected chi connectivity index (χ2v) is 7.41. The number of hydrogen-bond donors (Lipinski definition) is 1. The summed E-state index contributed by atoms with van der Waals surface area (Å²) in [6.45, 7) is 6.58. The van der Waals surface area contributed by atoms with Gasteiger partial charge in [-0.1, -0.05) is 41.9 Å². The first-order chi connectivity index (χ1) is 14.5. The molecule has 3 aromatic rings. The first-order valence-corrected chi connectivity index (χ1v) is 10.1. The molecule has 0 heterocycles. The molecule has 0 saturated heterocycles. The molecule has 0 bridgehead atoms. The van der Waals surface area contributed by atoms with Crippen LogP contribution in [0.15, 0.2) is 67.3 Å². The Kier molecular flexibility index (Phi) is 7.36. The van der Waals surface area contributed by atoms with Crippen LogP contribution in [0.5, 0.6) is 11.5 Å². The monoisotopic (exact) mass is 425 g/mol. The Morgan fingerprint density at radius 3 is 2.63 bits per heavy atom. The highest BCUT2D eigenvalue weighted by atomic mass is 35.5. The van der Waals surface area contributed by atoms with Crippen molar-refractivity contribution in [1.82, 2.24) is 0 Å². The lowest BCUT2D eigenvalue weighted by Gasteiger charge is -2.18. The third-order valence-corrected chi connectivity index (χ3v) is 5.02. The van der Waals surface area contributed by atoms with Crippen molar-refractivity contribution in [3.05, 3.63) is 100 Å². The minimum absolute atomic E-state index is 0.118. The predicted molar refractivity (Wildman–Crippen MR) is 121 cm³/mol. The molecule has 0 aliphatic rings. The average Bonchev–Trinajstić information content (AvgIpc) is 2.74. The third-order valence-electron chi connectivity index (χ3n) is 4.79. The Morgan fingerprint density at radius 2 is 1.90 bits per heavy atom. The van der Waals surface area contributed by atoms with Gasteiger partial charge in [-0.05, 0) is 54.8 Å². The highest BCUT2D eigenvalue weighted by Crippen LogP contribution is 2.35. The second-order valence-electron chi connectivity index (χ2n) is 6.97. The summed E-state index contributed by atoms with van der Waals surface area (Å²) in [5.74, 6) is 0.910. The molecule has 0 aliphatic heterocycles. The zero-order valence-corrected chi connectivity index (χ0v) is 17.9. The molecule has 3 nitrogen and oxygen atoms in total. The Hall–Kier alpha value is -2.98. The molecule has 0 atom stereocenters. The molecular formula is C25H25ClFNO2. The van der Waals surface area contributed by atoms with Crippen LogP contribution in [-0.4, -0.2) is 7.11 Å². The Labute approximate surface area is 182 Å². The van der Waals surface area contributed by atoms with E-state index in [2.05, 4.69) is 11.9 Å². The van der Waals surface area contributed by atoms with E-state index in [-0.39, 0.29) is 12.4 Å². The lowest BCUT2D eigenvalue weighted by Crippen LogP contribution is -2.06. The molecule has 0 saturated carbocycles. The van der Waals surface area contributed by atoms with E-state index >= 15 is 0 Å². The molecule has 0 radical (unpaired) electrons. The van der Waals surface area contributed by atoms with Crippen molar-refractivity contribution in [2.45, 2.75) is 26.5 Å². The fraction of sp³-hybridized carbons (Fsp3) is 0.200. The summed E-state index contributed by atoms with van der Waals surface area (Å²) in [6, 6.07) is 16.3. The van der Waals surface area contributed by atoms with E-state index < -0.39 is 0 Å². The van der Waals surface area contributed by atoms with Crippen molar-refractivity contribution in [3.8, 4) is 11.5 Å². The lowest BCUT2D eigenvalue weighted by molar-refractivity contribution is 0.277. The molecule has 0 amide bonds. The fourth-order valence-corrected chi connectivity index (χ4v) is 3.37. The molecule has 0 spiro atoms. The predicted octanol–water partition coefficient (Wildman–Crippen LogP) is 6.72. The Bertz CT molecular complexity index is 1040. The van der Waals surface area contributed by atoms with Crippen LogP contribution in [0, 0.1) is 12.7 Å². The molecule has 0 fully saturated rings. The quantitative estimate of drug-likeness (QED) is 0.386. The normalized spacial score (nSPS) is 10.5. The number of allylic oxidation sites excluding steroid dienone is 1. The van der Waals surface area contributed by atoms with E-state index in [1.165, 1.54) is 6.07 Å². The van der Waals surface area contributed by atoms with Crippen molar-refractivity contribution in [2.75, 3.05) is 12.4 Å². The van der Waals surface area contributed by atoms with Gasteiger partial charge in [-0.2, -0.15) is 0 Å². The van der Waals surface area contributed by atoms with Gasteiger partial charge in [0.1, 0.15) is 12.4 Å². The van der Waals surface area contributed by atoms with Crippen LogP contribution in [-0.2, 0) is 19.6 Å². The molecule has 156 valence electrons. The van der Waals surface area contributed by atoms with Crippen molar-refractivity contribution in [2.24, 2.45) is 0 Å². The maximum atomic E-state index is 14.0. The maximum absolute atomic E-state index is 14.0. The van der Waals surface area contributed by atoms with Gasteiger partial charge in [-0.3, -0.25) is 0 Å². The minimum atomic E-state index is -0.292. The fourth-order valence-electron chi connectivity index (χ4n) is 3.20. The number of hydrogen-bond acceptors (Lipinski definition) is 3. The van der Waals surface area contributed by atoms with Crippen LogP contribution in [0.3, 0.4) is 0 Å². The van der Waals surface area contributed by atoms with Gasteiger partial charge in [-0.15, -0.1) is 6.58 Å². The van der Waals surface area contributed by atoms with Gasteiger partial charge < -0.3 is 14.8 Å². The molecule has 3 aromatic carbocycles. The van der Waals surface area contributed by atoms with Gasteiger partial charge in [0.15, 0.2) is 11.5 Å². The summed E-state index contributed by atoms with van der Waals surface area (Å²) in [6.07, 6.45) is 2.41. The van der Waals surface area contributed by atoms with E-state index in [1.807, 2.05) is 43.3 Å². The highest BCUT2D eigenvalue weighted by molar-refractivity contribution is 6.30. The summed E-state index contributed by atoms with van der Waals surface area (Å²) in [7, 11) is 1.60. The summed E-state index contributed by atoms with van der Waals surface area (Å²) in [5.41, 5.74) is 4.54. The summed E-state index contributed by atoms with van der Waals surface area (Å²) < 4.78 is 25.5. The van der Waals surface area contributed by atoms with Crippen molar-refractivity contribution in [3.63, 3.8) is 0 Å². The molecule has 0 aromatic heterocycles. The second kappa shape index (κ2) is 10.2. The zero-order chi connectivity index (χ0) is 21.5. The largest absolute Gasteiger partial charge is 0.493 e. The molecule has 3 rings (SSSR count). The van der Waals surface area contributed by atoms with Gasteiger partial charge in [0.25, 0.3) is 0 Å². The molecule has 0 unspecified atom stereocenters. The average molecular weight is 426 g/mol. The Balaban J connectivity index is 1.84. The van der Waals surface area contributed by atoms with E-state index in [9.17, 15) is 4.39 Å². The van der Waals surface area contributed by atoms with Crippen LogP contribution in [0.2, 0.25) is 5.02 Å². The first kappa shape index (κ1) is 21.7. The number of ether oxygens (including phenoxy) is 2. The smallest absolute Gasteiger partial charge is 0.165 e. The molecule has 1 N–H and O–H groups in total. The standard InChI is InChI=1S/C25H25ClFNO2/c1-4-7-19-12-18(15-28-23-14-21(26)11-10-17(23)2)13-24(29-3)25(19)30-16-20-8-5-6-9-22(20)27/h4-6,8-14,28H,1,7,15-16H2,2-3H3. The van der Waals surface area contributed by atoms with Crippen LogP contribution in [0.4, 0.5) is 10.1 Å². The van der Waals surface area contributed by atoms with Gasteiger partial charge >= 0.3 is 0 Å². The minimum Gasteiger partial charge on any atom is -0.493 e. The van der Waals surface area contributed by atoms with E-state index in [4.69, 9.17) is 21.1 Å². The number of anilines is 1. The van der Waals surface area contributed by atoms with Gasteiger partial charge in [-0.25, -0.2) is 4.39 Å². The number of halogens is 2.